The van der Waals surface area contributed by atoms with Crippen LogP contribution in [0.25, 0.3) is 17.1 Å². The van der Waals surface area contributed by atoms with E-state index in [0.717, 1.165) is 27.4 Å². The van der Waals surface area contributed by atoms with Gasteiger partial charge in [-0.05, 0) is 49.6 Å². The van der Waals surface area contributed by atoms with E-state index in [1.54, 1.807) is 11.3 Å². The summed E-state index contributed by atoms with van der Waals surface area (Å²) in [5.41, 5.74) is 6.34. The summed E-state index contributed by atoms with van der Waals surface area (Å²) in [6, 6.07) is 19.4. The van der Waals surface area contributed by atoms with Crippen molar-refractivity contribution in [1.29, 1.82) is 0 Å². The number of carbonyl (C=O) groups excluding carboxylic acids is 1. The van der Waals surface area contributed by atoms with Gasteiger partial charge in [0.2, 0.25) is 0 Å². The number of hydrazone groups is 1. The third-order valence-electron chi connectivity index (χ3n) is 4.59. The number of nitrogens with one attached hydrogen (secondary N) is 1. The molecule has 0 aliphatic rings. The van der Waals surface area contributed by atoms with Crippen LogP contribution in [0.2, 0.25) is 5.02 Å². The number of nitrogens with zero attached hydrogens (tertiary/aromatic N) is 4. The first-order valence-electron chi connectivity index (χ1n) is 9.79. The number of rotatable bonds is 7. The number of hydrogen-bond acceptors (Lipinski definition) is 6. The standard InChI is InChI=1S/C23H20ClN5OS2/c1-15-5-7-17(8-6-15)22-27-28-23(29(22)19-11-9-18(24)10-12-19)32-14-21(30)26-25-16(2)20-4-3-13-31-20/h3-13H,14H2,1-2H3,(H,26,30). The SMILES string of the molecule is CC(=NNC(=O)CSc1nnc(-c2ccc(C)cc2)n1-c1ccc(Cl)cc1)c1cccs1. The molecule has 4 rings (SSSR count). The molecule has 0 saturated heterocycles. The average Bonchev–Trinajstić information content (AvgIpc) is 3.48. The lowest BCUT2D eigenvalue weighted by Gasteiger charge is -2.10. The summed E-state index contributed by atoms with van der Waals surface area (Å²) in [6.07, 6.45) is 0. The van der Waals surface area contributed by atoms with Gasteiger partial charge >= 0.3 is 0 Å². The van der Waals surface area contributed by atoms with Crippen LogP contribution in [0.3, 0.4) is 0 Å². The molecular weight excluding hydrogens is 462 g/mol. The summed E-state index contributed by atoms with van der Waals surface area (Å²) in [4.78, 5) is 13.4. The van der Waals surface area contributed by atoms with Gasteiger partial charge < -0.3 is 0 Å². The summed E-state index contributed by atoms with van der Waals surface area (Å²) in [5.74, 6) is 0.635. The van der Waals surface area contributed by atoms with Crippen LogP contribution in [0.4, 0.5) is 0 Å². The van der Waals surface area contributed by atoms with Gasteiger partial charge in [0.05, 0.1) is 11.5 Å². The van der Waals surface area contributed by atoms with Gasteiger partial charge in [0.1, 0.15) is 0 Å². The van der Waals surface area contributed by atoms with Gasteiger partial charge in [-0.1, -0.05) is 59.3 Å². The number of amides is 1. The fourth-order valence-electron chi connectivity index (χ4n) is 2.92. The van der Waals surface area contributed by atoms with Crippen LogP contribution in [-0.2, 0) is 4.79 Å². The Morgan fingerprint density at radius 2 is 1.88 bits per heavy atom. The molecule has 1 N–H and O–H groups in total. The van der Waals surface area contributed by atoms with Crippen molar-refractivity contribution >= 4 is 46.3 Å². The predicted molar refractivity (Wildman–Crippen MR) is 132 cm³/mol. The highest BCUT2D eigenvalue weighted by atomic mass is 35.5. The van der Waals surface area contributed by atoms with E-state index in [0.29, 0.717) is 16.0 Å². The first-order chi connectivity index (χ1) is 15.5. The quantitative estimate of drug-likeness (QED) is 0.212. The van der Waals surface area contributed by atoms with Crippen molar-refractivity contribution in [3.05, 3.63) is 81.5 Å². The van der Waals surface area contributed by atoms with Gasteiger partial charge in [0.15, 0.2) is 11.0 Å². The Kier molecular flexibility index (Phi) is 7.04. The predicted octanol–water partition coefficient (Wildman–Crippen LogP) is 5.59. The van der Waals surface area contributed by atoms with E-state index in [1.807, 2.05) is 84.5 Å². The first kappa shape index (κ1) is 22.3. The van der Waals surface area contributed by atoms with E-state index in [4.69, 9.17) is 11.6 Å². The van der Waals surface area contributed by atoms with Crippen LogP contribution >= 0.6 is 34.7 Å². The van der Waals surface area contributed by atoms with E-state index in [2.05, 4.69) is 20.7 Å². The molecule has 0 unspecified atom stereocenters. The Morgan fingerprint density at radius 1 is 1.12 bits per heavy atom. The van der Waals surface area contributed by atoms with Gasteiger partial charge in [-0.3, -0.25) is 9.36 Å². The van der Waals surface area contributed by atoms with Crippen molar-refractivity contribution in [3.8, 4) is 17.1 Å². The monoisotopic (exact) mass is 481 g/mol. The maximum Gasteiger partial charge on any atom is 0.250 e. The highest BCUT2D eigenvalue weighted by molar-refractivity contribution is 7.99. The lowest BCUT2D eigenvalue weighted by atomic mass is 10.1. The molecule has 2 heterocycles. The largest absolute Gasteiger partial charge is 0.272 e. The number of aryl methyl sites for hydroxylation is 1. The van der Waals surface area contributed by atoms with Gasteiger partial charge in [-0.25, -0.2) is 5.43 Å². The van der Waals surface area contributed by atoms with Gasteiger partial charge in [0.25, 0.3) is 5.91 Å². The number of thioether (sulfide) groups is 1. The molecule has 0 radical (unpaired) electrons. The first-order valence-corrected chi connectivity index (χ1v) is 12.0. The topological polar surface area (TPSA) is 72.2 Å². The Balaban J connectivity index is 1.55. The van der Waals surface area contributed by atoms with Gasteiger partial charge in [0, 0.05) is 21.2 Å². The molecule has 2 aromatic heterocycles. The van der Waals surface area contributed by atoms with Crippen LogP contribution in [0.15, 0.2) is 76.3 Å². The second-order valence-electron chi connectivity index (χ2n) is 6.98. The average molecular weight is 482 g/mol. The van der Waals surface area contributed by atoms with E-state index in [-0.39, 0.29) is 11.7 Å². The minimum absolute atomic E-state index is 0.154. The van der Waals surface area contributed by atoms with Crippen LogP contribution in [0.1, 0.15) is 17.4 Å². The molecule has 0 bridgehead atoms. The van der Waals surface area contributed by atoms with Crippen molar-refractivity contribution in [2.75, 3.05) is 5.75 Å². The summed E-state index contributed by atoms with van der Waals surface area (Å²) < 4.78 is 1.93. The Hall–Kier alpha value is -2.94. The number of benzene rings is 2. The Morgan fingerprint density at radius 3 is 2.56 bits per heavy atom. The molecule has 162 valence electrons. The summed E-state index contributed by atoms with van der Waals surface area (Å²) in [7, 11) is 0. The molecule has 0 saturated carbocycles. The number of halogens is 1. The third kappa shape index (κ3) is 5.27. The number of thiophene rings is 1. The third-order valence-corrected chi connectivity index (χ3v) is 6.75. The number of carbonyl (C=O) groups is 1. The van der Waals surface area contributed by atoms with Crippen molar-refractivity contribution in [1.82, 2.24) is 20.2 Å². The number of hydrogen-bond donors (Lipinski definition) is 1. The molecule has 0 aliphatic heterocycles. The molecular formula is C23H20ClN5OS2. The molecule has 6 nitrogen and oxygen atoms in total. The zero-order valence-corrected chi connectivity index (χ0v) is 19.8. The van der Waals surface area contributed by atoms with E-state index in [9.17, 15) is 4.79 Å². The Labute approximate surface area is 199 Å². The van der Waals surface area contributed by atoms with E-state index in [1.165, 1.54) is 11.8 Å². The normalized spacial score (nSPS) is 11.5. The minimum atomic E-state index is -0.214. The molecule has 0 spiro atoms. The smallest absolute Gasteiger partial charge is 0.250 e. The maximum atomic E-state index is 12.4. The van der Waals surface area contributed by atoms with E-state index < -0.39 is 0 Å². The van der Waals surface area contributed by atoms with Crippen LogP contribution in [0, 0.1) is 6.92 Å². The van der Waals surface area contributed by atoms with Crippen LogP contribution < -0.4 is 5.43 Å². The Bertz CT molecular complexity index is 1230. The van der Waals surface area contributed by atoms with Crippen LogP contribution in [-0.4, -0.2) is 32.1 Å². The fraction of sp³-hybridized carbons (Fsp3) is 0.130. The molecule has 1 amide bonds. The molecule has 0 fully saturated rings. The molecule has 9 heteroatoms. The second kappa shape index (κ2) is 10.1. The van der Waals surface area contributed by atoms with Crippen molar-refractivity contribution in [3.63, 3.8) is 0 Å². The molecule has 0 atom stereocenters. The van der Waals surface area contributed by atoms with Gasteiger partial charge in [-0.2, -0.15) is 5.10 Å². The molecule has 4 aromatic rings. The lowest BCUT2D eigenvalue weighted by molar-refractivity contribution is -0.118. The zero-order chi connectivity index (χ0) is 22.5. The number of aromatic nitrogens is 3. The van der Waals surface area contributed by atoms with Crippen molar-refractivity contribution in [2.45, 2.75) is 19.0 Å². The molecule has 32 heavy (non-hydrogen) atoms. The highest BCUT2D eigenvalue weighted by Gasteiger charge is 2.17. The lowest BCUT2D eigenvalue weighted by Crippen LogP contribution is -2.21. The van der Waals surface area contributed by atoms with E-state index >= 15 is 0 Å². The summed E-state index contributed by atoms with van der Waals surface area (Å²) >= 11 is 8.95. The minimum Gasteiger partial charge on any atom is -0.272 e. The van der Waals surface area contributed by atoms with Crippen molar-refractivity contribution in [2.24, 2.45) is 5.10 Å². The van der Waals surface area contributed by atoms with Gasteiger partial charge in [-0.15, -0.1) is 21.5 Å². The maximum absolute atomic E-state index is 12.4. The molecule has 0 aliphatic carbocycles. The summed E-state index contributed by atoms with van der Waals surface area (Å²) in [6.45, 7) is 3.90. The second-order valence-corrected chi connectivity index (χ2v) is 9.31. The molecule has 2 aromatic carbocycles. The fourth-order valence-corrected chi connectivity index (χ4v) is 4.47. The highest BCUT2D eigenvalue weighted by Crippen LogP contribution is 2.28. The summed E-state index contributed by atoms with van der Waals surface area (Å²) in [5, 5.41) is 16.2. The van der Waals surface area contributed by atoms with Crippen molar-refractivity contribution < 1.29 is 4.79 Å². The zero-order valence-electron chi connectivity index (χ0n) is 17.4. The van der Waals surface area contributed by atoms with Crippen LogP contribution in [0.5, 0.6) is 0 Å².